The van der Waals surface area contributed by atoms with Gasteiger partial charge >= 0.3 is 0 Å². The Labute approximate surface area is 124 Å². The van der Waals surface area contributed by atoms with Crippen molar-refractivity contribution in [3.05, 3.63) is 0 Å². The minimum Gasteiger partial charge on any atom is -0.340 e. The first-order valence-electron chi connectivity index (χ1n) is 7.60. The van der Waals surface area contributed by atoms with Crippen LogP contribution in [0.2, 0.25) is 0 Å². The van der Waals surface area contributed by atoms with Crippen LogP contribution in [0.5, 0.6) is 0 Å². The van der Waals surface area contributed by atoms with Crippen molar-refractivity contribution in [2.75, 3.05) is 53.4 Å². The summed E-state index contributed by atoms with van der Waals surface area (Å²) in [5, 5.41) is 0. The molecule has 1 fully saturated rings. The van der Waals surface area contributed by atoms with Gasteiger partial charge in [-0.2, -0.15) is 0 Å². The van der Waals surface area contributed by atoms with Gasteiger partial charge in [-0.15, -0.1) is 0 Å². The van der Waals surface area contributed by atoms with Crippen LogP contribution in [-0.4, -0.2) is 80.0 Å². The van der Waals surface area contributed by atoms with E-state index in [1.165, 1.54) is 0 Å². The summed E-state index contributed by atoms with van der Waals surface area (Å²) >= 11 is 0. The molecule has 1 atom stereocenters. The Kier molecular flexibility index (Phi) is 6.43. The lowest BCUT2D eigenvalue weighted by Crippen LogP contribution is -2.51. The lowest BCUT2D eigenvalue weighted by atomic mass is 9.85. The Bertz CT molecular complexity index is 303. The molecule has 5 nitrogen and oxygen atoms in total. The van der Waals surface area contributed by atoms with E-state index in [1.807, 2.05) is 4.90 Å². The summed E-state index contributed by atoms with van der Waals surface area (Å²) < 4.78 is 0. The summed E-state index contributed by atoms with van der Waals surface area (Å²) in [7, 11) is 4.18. The van der Waals surface area contributed by atoms with Gasteiger partial charge in [0.15, 0.2) is 0 Å². The fourth-order valence-corrected chi connectivity index (χ4v) is 2.19. The normalized spacial score (nSPS) is 19.4. The Morgan fingerprint density at radius 3 is 2.20 bits per heavy atom. The number of likely N-dealkylation sites (N-methyl/N-ethyl adjacent to an activating group) is 1. The van der Waals surface area contributed by atoms with Crippen LogP contribution in [-0.2, 0) is 4.79 Å². The summed E-state index contributed by atoms with van der Waals surface area (Å²) in [5.41, 5.74) is 6.09. The predicted octanol–water partition coefficient (Wildman–Crippen LogP) is 0.456. The molecule has 1 amide bonds. The minimum atomic E-state index is -0.0678. The molecule has 1 aliphatic rings. The fraction of sp³-hybridized carbons (Fsp3) is 0.933. The molecule has 0 aromatic heterocycles. The highest BCUT2D eigenvalue weighted by Crippen LogP contribution is 2.20. The molecule has 0 aromatic rings. The van der Waals surface area contributed by atoms with Crippen molar-refractivity contribution in [2.45, 2.75) is 33.2 Å². The quantitative estimate of drug-likeness (QED) is 0.797. The number of nitrogens with zero attached hydrogens (tertiary/aromatic N) is 3. The van der Waals surface area contributed by atoms with E-state index in [4.69, 9.17) is 5.73 Å². The summed E-state index contributed by atoms with van der Waals surface area (Å²) in [4.78, 5) is 18.8. The van der Waals surface area contributed by atoms with E-state index in [9.17, 15) is 4.79 Å². The second kappa shape index (κ2) is 7.38. The van der Waals surface area contributed by atoms with Gasteiger partial charge in [-0.3, -0.25) is 9.69 Å². The standard InChI is InChI=1S/C15H32N4O/c1-15(2,3)13(16)12-14(20)19-10-8-18(9-11-19)7-6-17(4)5/h13H,6-12,16H2,1-5H3. The monoisotopic (exact) mass is 284 g/mol. The second-order valence-corrected chi connectivity index (χ2v) is 7.20. The molecule has 0 aromatic carbocycles. The van der Waals surface area contributed by atoms with E-state index in [0.29, 0.717) is 6.42 Å². The number of piperazine rings is 1. The third-order valence-corrected chi connectivity index (χ3v) is 4.10. The van der Waals surface area contributed by atoms with Crippen LogP contribution in [0.25, 0.3) is 0 Å². The zero-order valence-electron chi connectivity index (χ0n) is 13.9. The molecule has 0 bridgehead atoms. The predicted molar refractivity (Wildman–Crippen MR) is 83.6 cm³/mol. The molecule has 0 aliphatic carbocycles. The summed E-state index contributed by atoms with van der Waals surface area (Å²) in [6.45, 7) is 12.0. The lowest BCUT2D eigenvalue weighted by Gasteiger charge is -2.36. The van der Waals surface area contributed by atoms with Crippen LogP contribution in [0.15, 0.2) is 0 Å². The van der Waals surface area contributed by atoms with E-state index in [2.05, 4.69) is 44.7 Å². The van der Waals surface area contributed by atoms with Crippen molar-refractivity contribution in [1.29, 1.82) is 0 Å². The first kappa shape index (κ1) is 17.4. The van der Waals surface area contributed by atoms with Crippen molar-refractivity contribution in [3.8, 4) is 0 Å². The maximum Gasteiger partial charge on any atom is 0.224 e. The third-order valence-electron chi connectivity index (χ3n) is 4.10. The maximum atomic E-state index is 12.2. The van der Waals surface area contributed by atoms with E-state index in [0.717, 1.165) is 39.3 Å². The number of carbonyl (C=O) groups excluding carboxylic acids is 1. The van der Waals surface area contributed by atoms with E-state index < -0.39 is 0 Å². The first-order chi connectivity index (χ1) is 9.20. The molecule has 20 heavy (non-hydrogen) atoms. The average molecular weight is 284 g/mol. The molecule has 0 saturated carbocycles. The zero-order valence-corrected chi connectivity index (χ0v) is 13.9. The smallest absolute Gasteiger partial charge is 0.224 e. The molecule has 0 spiro atoms. The molecule has 5 heteroatoms. The Morgan fingerprint density at radius 2 is 1.75 bits per heavy atom. The maximum absolute atomic E-state index is 12.2. The average Bonchev–Trinajstić information content (AvgIpc) is 2.35. The molecule has 1 aliphatic heterocycles. The van der Waals surface area contributed by atoms with Crippen LogP contribution >= 0.6 is 0 Å². The van der Waals surface area contributed by atoms with Crippen molar-refractivity contribution in [3.63, 3.8) is 0 Å². The number of rotatable bonds is 5. The molecule has 1 heterocycles. The molecule has 2 N–H and O–H groups in total. The Balaban J connectivity index is 2.32. The highest BCUT2D eigenvalue weighted by molar-refractivity contribution is 5.77. The molecule has 0 radical (unpaired) electrons. The van der Waals surface area contributed by atoms with Gasteiger partial charge in [-0.25, -0.2) is 0 Å². The number of nitrogens with two attached hydrogens (primary N) is 1. The second-order valence-electron chi connectivity index (χ2n) is 7.20. The van der Waals surface area contributed by atoms with Gasteiger partial charge in [-0.1, -0.05) is 20.8 Å². The van der Waals surface area contributed by atoms with Crippen molar-refractivity contribution >= 4 is 5.91 Å². The molecular weight excluding hydrogens is 252 g/mol. The van der Waals surface area contributed by atoms with E-state index >= 15 is 0 Å². The molecule has 1 rings (SSSR count). The zero-order chi connectivity index (χ0) is 15.3. The van der Waals surface area contributed by atoms with Gasteiger partial charge in [0.25, 0.3) is 0 Å². The SMILES string of the molecule is CN(C)CCN1CCN(C(=O)CC(N)C(C)(C)C)CC1. The molecule has 1 saturated heterocycles. The van der Waals surface area contributed by atoms with Gasteiger partial charge in [0.1, 0.15) is 0 Å². The van der Waals surface area contributed by atoms with Crippen LogP contribution < -0.4 is 5.73 Å². The van der Waals surface area contributed by atoms with Crippen LogP contribution in [0.1, 0.15) is 27.2 Å². The van der Waals surface area contributed by atoms with E-state index in [1.54, 1.807) is 0 Å². The van der Waals surface area contributed by atoms with Gasteiger partial charge in [0, 0.05) is 51.7 Å². The third kappa shape index (κ3) is 5.77. The molecule has 1 unspecified atom stereocenters. The number of hydrogen-bond acceptors (Lipinski definition) is 4. The van der Waals surface area contributed by atoms with Crippen molar-refractivity contribution in [1.82, 2.24) is 14.7 Å². The number of carbonyl (C=O) groups is 1. The summed E-state index contributed by atoms with van der Waals surface area (Å²) in [6, 6.07) is -0.0678. The van der Waals surface area contributed by atoms with Crippen molar-refractivity contribution < 1.29 is 4.79 Å². The van der Waals surface area contributed by atoms with Gasteiger partial charge in [-0.05, 0) is 19.5 Å². The molecular formula is C15H32N4O. The first-order valence-corrected chi connectivity index (χ1v) is 7.60. The number of hydrogen-bond donors (Lipinski definition) is 1. The molecule has 118 valence electrons. The Hall–Kier alpha value is -0.650. The summed E-state index contributed by atoms with van der Waals surface area (Å²) in [5.74, 6) is 0.208. The lowest BCUT2D eigenvalue weighted by molar-refractivity contribution is -0.133. The highest BCUT2D eigenvalue weighted by atomic mass is 16.2. The van der Waals surface area contributed by atoms with E-state index in [-0.39, 0.29) is 17.4 Å². The van der Waals surface area contributed by atoms with Gasteiger partial charge in [0.05, 0.1) is 0 Å². The number of amides is 1. The Morgan fingerprint density at radius 1 is 1.20 bits per heavy atom. The van der Waals surface area contributed by atoms with Gasteiger partial charge < -0.3 is 15.5 Å². The topological polar surface area (TPSA) is 52.8 Å². The summed E-state index contributed by atoms with van der Waals surface area (Å²) in [6.07, 6.45) is 0.460. The van der Waals surface area contributed by atoms with Crippen LogP contribution in [0, 0.1) is 5.41 Å². The van der Waals surface area contributed by atoms with Crippen molar-refractivity contribution in [2.24, 2.45) is 11.1 Å². The fourth-order valence-electron chi connectivity index (χ4n) is 2.19. The van der Waals surface area contributed by atoms with Crippen LogP contribution in [0.4, 0.5) is 0 Å². The largest absolute Gasteiger partial charge is 0.340 e. The van der Waals surface area contributed by atoms with Gasteiger partial charge in [0.2, 0.25) is 5.91 Å². The minimum absolute atomic E-state index is 0.0107. The highest BCUT2D eigenvalue weighted by Gasteiger charge is 2.27. The van der Waals surface area contributed by atoms with Crippen LogP contribution in [0.3, 0.4) is 0 Å².